The van der Waals surface area contributed by atoms with Gasteiger partial charge in [-0.15, -0.1) is 0 Å². The standard InChI is InChI=1S/C11H18NO15P3/c1-11(16)9(15)7(25-10(11)12-3-2-6(13)4-8(12)14)5-24-29(20,21)27-30(22,23)26-28(17,18)19/h2-3,7,9-10,15-16H,4-5H2,1H3,(H,20,21)(H,22,23)(H2,17,18,19)/t7-,9?,10-,11-/m1/s1. The van der Waals surface area contributed by atoms with E-state index >= 15 is 0 Å². The second-order valence-electron chi connectivity index (χ2n) is 6.34. The van der Waals surface area contributed by atoms with Gasteiger partial charge in [-0.2, -0.15) is 8.62 Å². The summed E-state index contributed by atoms with van der Waals surface area (Å²) < 4.78 is 50.3. The minimum Gasteiger partial charge on any atom is -0.387 e. The van der Waals surface area contributed by atoms with Gasteiger partial charge in [0.2, 0.25) is 5.91 Å². The van der Waals surface area contributed by atoms with Crippen molar-refractivity contribution < 1.29 is 71.0 Å². The number of rotatable bonds is 8. The van der Waals surface area contributed by atoms with Crippen molar-refractivity contribution in [1.82, 2.24) is 4.90 Å². The number of amides is 1. The van der Waals surface area contributed by atoms with Gasteiger partial charge >= 0.3 is 23.5 Å². The smallest absolute Gasteiger partial charge is 0.387 e. The van der Waals surface area contributed by atoms with Crippen molar-refractivity contribution in [3.8, 4) is 0 Å². The maximum absolute atomic E-state index is 12.0. The third-order valence-electron chi connectivity index (χ3n) is 3.86. The maximum Gasteiger partial charge on any atom is 0.490 e. The van der Waals surface area contributed by atoms with Crippen LogP contribution < -0.4 is 0 Å². The molecule has 2 aliphatic heterocycles. The van der Waals surface area contributed by atoms with Gasteiger partial charge in [0.1, 0.15) is 17.8 Å². The highest BCUT2D eigenvalue weighted by molar-refractivity contribution is 7.66. The lowest BCUT2D eigenvalue weighted by atomic mass is 9.95. The maximum atomic E-state index is 12.0. The molecule has 0 aromatic rings. The monoisotopic (exact) mass is 497 g/mol. The Morgan fingerprint density at radius 3 is 2.30 bits per heavy atom. The molecule has 2 heterocycles. The van der Waals surface area contributed by atoms with Crippen LogP contribution in [0, 0.1) is 0 Å². The Kier molecular flexibility index (Phi) is 7.29. The van der Waals surface area contributed by atoms with Crippen LogP contribution in [0.1, 0.15) is 13.3 Å². The first-order valence-corrected chi connectivity index (χ1v) is 12.3. The quantitative estimate of drug-likeness (QED) is 0.165. The van der Waals surface area contributed by atoms with E-state index < -0.39 is 72.2 Å². The molecule has 6 atom stereocenters. The first-order chi connectivity index (χ1) is 13.4. The molecule has 0 aromatic carbocycles. The van der Waals surface area contributed by atoms with Crippen LogP contribution in [0.3, 0.4) is 0 Å². The summed E-state index contributed by atoms with van der Waals surface area (Å²) in [6, 6.07) is 0. The predicted octanol–water partition coefficient (Wildman–Crippen LogP) is -1.52. The van der Waals surface area contributed by atoms with Gasteiger partial charge in [0.15, 0.2) is 12.0 Å². The lowest BCUT2D eigenvalue weighted by molar-refractivity contribution is -0.158. The Balaban J connectivity index is 2.07. The second-order valence-corrected chi connectivity index (χ2v) is 10.8. The summed E-state index contributed by atoms with van der Waals surface area (Å²) in [4.78, 5) is 59.5. The molecule has 0 aliphatic carbocycles. The van der Waals surface area contributed by atoms with Crippen molar-refractivity contribution in [1.29, 1.82) is 0 Å². The summed E-state index contributed by atoms with van der Waals surface area (Å²) >= 11 is 0. The molecule has 0 aromatic heterocycles. The normalized spacial score (nSPS) is 34.1. The van der Waals surface area contributed by atoms with Crippen LogP contribution in [0.5, 0.6) is 0 Å². The third kappa shape index (κ3) is 6.34. The van der Waals surface area contributed by atoms with Crippen LogP contribution >= 0.6 is 23.5 Å². The molecule has 0 spiro atoms. The Labute approximate surface area is 168 Å². The van der Waals surface area contributed by atoms with Gasteiger partial charge in [0.05, 0.1) is 13.0 Å². The topological polar surface area (TPSA) is 247 Å². The molecular formula is C11H18NO15P3. The predicted molar refractivity (Wildman–Crippen MR) is 90.7 cm³/mol. The summed E-state index contributed by atoms with van der Waals surface area (Å²) in [7, 11) is -16.8. The molecule has 19 heteroatoms. The third-order valence-corrected chi connectivity index (χ3v) is 7.66. The molecule has 6 N–H and O–H groups in total. The van der Waals surface area contributed by atoms with E-state index in [1.807, 2.05) is 0 Å². The van der Waals surface area contributed by atoms with Crippen LogP contribution in [0.2, 0.25) is 0 Å². The number of phosphoric acid groups is 3. The van der Waals surface area contributed by atoms with E-state index in [-0.39, 0.29) is 0 Å². The molecule has 1 saturated heterocycles. The molecule has 30 heavy (non-hydrogen) atoms. The fraction of sp³-hybridized carbons (Fsp3) is 0.636. The number of aliphatic hydroxyl groups is 2. The molecule has 1 amide bonds. The lowest BCUT2D eigenvalue weighted by Gasteiger charge is -2.34. The van der Waals surface area contributed by atoms with E-state index in [4.69, 9.17) is 19.4 Å². The van der Waals surface area contributed by atoms with Crippen LogP contribution in [0.15, 0.2) is 12.3 Å². The van der Waals surface area contributed by atoms with Gasteiger partial charge in [-0.1, -0.05) is 0 Å². The van der Waals surface area contributed by atoms with Gasteiger partial charge in [-0.05, 0) is 13.0 Å². The average molecular weight is 497 g/mol. The van der Waals surface area contributed by atoms with Crippen LogP contribution in [0.25, 0.3) is 0 Å². The van der Waals surface area contributed by atoms with E-state index in [2.05, 4.69) is 13.1 Å². The number of aliphatic hydroxyl groups excluding tert-OH is 1. The molecule has 172 valence electrons. The zero-order chi connectivity index (χ0) is 23.1. The molecule has 2 aliphatic rings. The van der Waals surface area contributed by atoms with E-state index in [0.29, 0.717) is 0 Å². The summed E-state index contributed by atoms with van der Waals surface area (Å²) in [5.74, 6) is -1.26. The number of hydrogen-bond donors (Lipinski definition) is 6. The van der Waals surface area contributed by atoms with E-state index in [9.17, 15) is 38.4 Å². The molecule has 1 fully saturated rings. The second kappa shape index (κ2) is 8.60. The first kappa shape index (κ1) is 25.4. The van der Waals surface area contributed by atoms with Crippen molar-refractivity contribution in [2.75, 3.05) is 6.61 Å². The summed E-state index contributed by atoms with van der Waals surface area (Å²) in [5, 5.41) is 20.7. The van der Waals surface area contributed by atoms with Crippen LogP contribution in [0.4, 0.5) is 0 Å². The van der Waals surface area contributed by atoms with E-state index in [1.54, 1.807) is 0 Å². The average Bonchev–Trinajstić information content (AvgIpc) is 2.73. The first-order valence-electron chi connectivity index (χ1n) is 7.80. The number of hydrogen-bond acceptors (Lipinski definition) is 11. The van der Waals surface area contributed by atoms with Gasteiger partial charge in [0.25, 0.3) is 0 Å². The van der Waals surface area contributed by atoms with Crippen LogP contribution in [-0.2, 0) is 41.2 Å². The largest absolute Gasteiger partial charge is 0.490 e. The van der Waals surface area contributed by atoms with Crippen LogP contribution in [-0.4, -0.2) is 77.0 Å². The number of ketones is 1. The Morgan fingerprint density at radius 2 is 1.77 bits per heavy atom. The number of ether oxygens (including phenoxy) is 1. The Hall–Kier alpha value is -0.830. The summed E-state index contributed by atoms with van der Waals surface area (Å²) in [6.07, 6.45) is -3.38. The minimum absolute atomic E-state index is 0.501. The SMILES string of the molecule is C[C@@]1(O)C(O)[C@@H](COP(=O)(O)OP(=O)(O)OP(=O)(O)O)O[C@H]1N1C=CC(=O)CC1=O. The van der Waals surface area contributed by atoms with Gasteiger partial charge in [0, 0.05) is 6.20 Å². The number of nitrogens with zero attached hydrogens (tertiary/aromatic N) is 1. The minimum atomic E-state index is -5.73. The molecule has 0 radical (unpaired) electrons. The van der Waals surface area contributed by atoms with Crippen molar-refractivity contribution in [3.63, 3.8) is 0 Å². The highest BCUT2D eigenvalue weighted by Gasteiger charge is 2.56. The molecule has 3 unspecified atom stereocenters. The van der Waals surface area contributed by atoms with Crippen molar-refractivity contribution in [2.24, 2.45) is 0 Å². The number of phosphoric ester groups is 1. The number of carbonyl (C=O) groups excluding carboxylic acids is 2. The number of allylic oxidation sites excluding steroid dienone is 1. The number of carbonyl (C=O) groups is 2. The fourth-order valence-electron chi connectivity index (χ4n) is 2.60. The molecule has 0 saturated carbocycles. The Morgan fingerprint density at radius 1 is 1.17 bits per heavy atom. The fourth-order valence-corrected chi connectivity index (χ4v) is 5.63. The molecule has 16 nitrogen and oxygen atoms in total. The van der Waals surface area contributed by atoms with Crippen molar-refractivity contribution in [2.45, 2.75) is 37.4 Å². The Bertz CT molecular complexity index is 879. The van der Waals surface area contributed by atoms with Gasteiger partial charge < -0.3 is 34.5 Å². The van der Waals surface area contributed by atoms with Gasteiger partial charge in [-0.25, -0.2) is 13.7 Å². The van der Waals surface area contributed by atoms with E-state index in [1.165, 1.54) is 0 Å². The summed E-state index contributed by atoms with van der Waals surface area (Å²) in [6.45, 7) is 0.0346. The zero-order valence-corrected chi connectivity index (χ0v) is 17.6. The highest BCUT2D eigenvalue weighted by Crippen LogP contribution is 2.66. The molecular weight excluding hydrogens is 479 g/mol. The molecule has 0 bridgehead atoms. The van der Waals surface area contributed by atoms with Crippen molar-refractivity contribution >= 4 is 35.2 Å². The highest BCUT2D eigenvalue weighted by atomic mass is 31.3. The molecule has 2 rings (SSSR count). The zero-order valence-electron chi connectivity index (χ0n) is 14.9. The van der Waals surface area contributed by atoms with E-state index in [0.717, 1.165) is 24.1 Å². The van der Waals surface area contributed by atoms with Gasteiger partial charge in [-0.3, -0.25) is 19.0 Å². The summed E-state index contributed by atoms with van der Waals surface area (Å²) in [5.41, 5.74) is -2.13. The lowest BCUT2D eigenvalue weighted by Crippen LogP contribution is -2.54. The van der Waals surface area contributed by atoms with Crippen molar-refractivity contribution in [3.05, 3.63) is 12.3 Å².